The highest BCUT2D eigenvalue weighted by Crippen LogP contribution is 2.24. The molecule has 0 radical (unpaired) electrons. The number of Topliss-reactive ketones (excluding diaryl/α,β-unsaturated/α-hetero) is 1. The molecule has 4 amide bonds. The highest BCUT2D eigenvalue weighted by Gasteiger charge is 2.30. The Hall–Kier alpha value is -2.71. The number of amides is 4. The highest BCUT2D eigenvalue weighted by atomic mass is 35.5. The zero-order valence-electron chi connectivity index (χ0n) is 12.0. The van der Waals surface area contributed by atoms with E-state index < -0.39 is 23.6 Å². The lowest BCUT2D eigenvalue weighted by molar-refractivity contribution is -0.116. The second kappa shape index (κ2) is 6.42. The number of halogens is 1. The van der Waals surface area contributed by atoms with Crippen LogP contribution < -0.4 is 15.5 Å². The van der Waals surface area contributed by atoms with Crippen molar-refractivity contribution < 1.29 is 19.2 Å². The molecule has 1 fully saturated rings. The molecule has 0 bridgehead atoms. The number of nitrogens with zero attached hydrogens (tertiary/aromatic N) is 1. The Balaban J connectivity index is 1.77. The van der Waals surface area contributed by atoms with Crippen molar-refractivity contribution in [1.29, 1.82) is 0 Å². The number of ketones is 1. The molecule has 7 nitrogen and oxygen atoms in total. The SMILES string of the molecule is O=C(Nc1cccc(N2C(=O)CNC2=O)c1)C(=O)c1ccc(Cl)s1. The number of hydrogen-bond acceptors (Lipinski definition) is 5. The fourth-order valence-corrected chi connectivity index (χ4v) is 3.12. The molecule has 1 aromatic carbocycles. The van der Waals surface area contributed by atoms with E-state index in [-0.39, 0.29) is 11.4 Å². The van der Waals surface area contributed by atoms with Crippen molar-refractivity contribution in [1.82, 2.24) is 5.32 Å². The number of carbonyl (C=O) groups excluding carboxylic acids is 4. The van der Waals surface area contributed by atoms with Crippen molar-refractivity contribution in [3.63, 3.8) is 0 Å². The third-order valence-electron chi connectivity index (χ3n) is 3.21. The summed E-state index contributed by atoms with van der Waals surface area (Å²) < 4.78 is 0.409. The maximum absolute atomic E-state index is 12.0. The minimum absolute atomic E-state index is 0.0763. The van der Waals surface area contributed by atoms with Gasteiger partial charge < -0.3 is 10.6 Å². The number of imide groups is 1. The van der Waals surface area contributed by atoms with Crippen LogP contribution in [0.15, 0.2) is 36.4 Å². The molecule has 9 heteroatoms. The van der Waals surface area contributed by atoms with Crippen LogP contribution in [0.2, 0.25) is 4.34 Å². The van der Waals surface area contributed by atoms with E-state index in [1.807, 2.05) is 0 Å². The lowest BCUT2D eigenvalue weighted by Crippen LogP contribution is -2.30. The summed E-state index contributed by atoms with van der Waals surface area (Å²) in [4.78, 5) is 48.6. The smallest absolute Gasteiger partial charge is 0.328 e. The van der Waals surface area contributed by atoms with Crippen LogP contribution >= 0.6 is 22.9 Å². The second-order valence-electron chi connectivity index (χ2n) is 4.83. The number of anilines is 2. The summed E-state index contributed by atoms with van der Waals surface area (Å²) in [5.41, 5.74) is 0.598. The molecule has 1 aliphatic rings. The average molecular weight is 364 g/mol. The van der Waals surface area contributed by atoms with Gasteiger partial charge in [0.2, 0.25) is 0 Å². The van der Waals surface area contributed by atoms with E-state index in [0.717, 1.165) is 16.2 Å². The van der Waals surface area contributed by atoms with Gasteiger partial charge in [0.05, 0.1) is 21.4 Å². The van der Waals surface area contributed by atoms with Gasteiger partial charge in [0.25, 0.3) is 17.6 Å². The van der Waals surface area contributed by atoms with E-state index in [9.17, 15) is 19.2 Å². The average Bonchev–Trinajstić information content (AvgIpc) is 3.12. The molecule has 1 aromatic heterocycles. The molecule has 2 N–H and O–H groups in total. The van der Waals surface area contributed by atoms with E-state index in [1.54, 1.807) is 18.2 Å². The predicted molar refractivity (Wildman–Crippen MR) is 89.6 cm³/mol. The van der Waals surface area contributed by atoms with Gasteiger partial charge in [0.15, 0.2) is 0 Å². The van der Waals surface area contributed by atoms with Crippen molar-refractivity contribution in [2.24, 2.45) is 0 Å². The highest BCUT2D eigenvalue weighted by molar-refractivity contribution is 7.18. The molecule has 0 saturated carbocycles. The largest absolute Gasteiger partial charge is 0.329 e. The van der Waals surface area contributed by atoms with Gasteiger partial charge in [0, 0.05) is 5.69 Å². The molecular formula is C15H10ClN3O4S. The summed E-state index contributed by atoms with van der Waals surface area (Å²) in [6.07, 6.45) is 0. The summed E-state index contributed by atoms with van der Waals surface area (Å²) in [7, 11) is 0. The van der Waals surface area contributed by atoms with Crippen LogP contribution in [0.1, 0.15) is 9.67 Å². The number of carbonyl (C=O) groups is 4. The number of thiophene rings is 1. The first-order valence-corrected chi connectivity index (χ1v) is 7.97. The van der Waals surface area contributed by atoms with Gasteiger partial charge in [-0.15, -0.1) is 11.3 Å². The van der Waals surface area contributed by atoms with Gasteiger partial charge in [-0.25, -0.2) is 9.69 Å². The molecular weight excluding hydrogens is 354 g/mol. The molecule has 0 spiro atoms. The van der Waals surface area contributed by atoms with Crippen LogP contribution in [0.25, 0.3) is 0 Å². The first-order valence-electron chi connectivity index (χ1n) is 6.77. The number of hydrogen-bond donors (Lipinski definition) is 2. The zero-order valence-corrected chi connectivity index (χ0v) is 13.6. The lowest BCUT2D eigenvalue weighted by Gasteiger charge is -2.13. The molecule has 2 aromatic rings. The van der Waals surface area contributed by atoms with Crippen molar-refractivity contribution in [3.05, 3.63) is 45.6 Å². The Labute approximate surface area is 145 Å². The predicted octanol–water partition coefficient (Wildman–Crippen LogP) is 2.28. The molecule has 1 aliphatic heterocycles. The lowest BCUT2D eigenvalue weighted by atomic mass is 10.2. The maximum atomic E-state index is 12.0. The number of nitrogens with one attached hydrogen (secondary N) is 2. The summed E-state index contributed by atoms with van der Waals surface area (Å²) in [6.45, 7) is -0.0763. The second-order valence-corrected chi connectivity index (χ2v) is 6.54. The van der Waals surface area contributed by atoms with Crippen molar-refractivity contribution in [2.75, 3.05) is 16.8 Å². The fourth-order valence-electron chi connectivity index (χ4n) is 2.14. The van der Waals surface area contributed by atoms with Crippen LogP contribution in [-0.2, 0) is 9.59 Å². The monoisotopic (exact) mass is 363 g/mol. The minimum atomic E-state index is -0.831. The van der Waals surface area contributed by atoms with Gasteiger partial charge in [-0.1, -0.05) is 17.7 Å². The fraction of sp³-hybridized carbons (Fsp3) is 0.0667. The van der Waals surface area contributed by atoms with Crippen LogP contribution in [0.3, 0.4) is 0 Å². The Kier molecular flexibility index (Phi) is 4.32. The first kappa shape index (κ1) is 16.2. The van der Waals surface area contributed by atoms with E-state index >= 15 is 0 Å². The number of benzene rings is 1. The molecule has 0 atom stereocenters. The minimum Gasteiger partial charge on any atom is -0.328 e. The van der Waals surface area contributed by atoms with E-state index in [4.69, 9.17) is 11.6 Å². The van der Waals surface area contributed by atoms with Gasteiger partial charge in [0.1, 0.15) is 0 Å². The zero-order chi connectivity index (χ0) is 17.3. The first-order chi connectivity index (χ1) is 11.5. The van der Waals surface area contributed by atoms with Crippen molar-refractivity contribution >= 4 is 57.9 Å². The summed E-state index contributed by atoms with van der Waals surface area (Å²) >= 11 is 6.76. The third-order valence-corrected chi connectivity index (χ3v) is 4.44. The van der Waals surface area contributed by atoms with E-state index in [1.165, 1.54) is 18.2 Å². The quantitative estimate of drug-likeness (QED) is 0.495. The molecule has 0 unspecified atom stereocenters. The maximum Gasteiger partial charge on any atom is 0.329 e. The van der Waals surface area contributed by atoms with E-state index in [2.05, 4.69) is 10.6 Å². The Bertz CT molecular complexity index is 848. The molecule has 3 rings (SSSR count). The summed E-state index contributed by atoms with van der Waals surface area (Å²) in [5.74, 6) is -1.94. The van der Waals surface area contributed by atoms with Crippen molar-refractivity contribution in [3.8, 4) is 0 Å². The molecule has 2 heterocycles. The Morgan fingerprint density at radius 2 is 2.00 bits per heavy atom. The van der Waals surface area contributed by atoms with Gasteiger partial charge in [-0.3, -0.25) is 14.4 Å². The van der Waals surface area contributed by atoms with Crippen LogP contribution in [0.4, 0.5) is 16.2 Å². The molecule has 122 valence electrons. The van der Waals surface area contributed by atoms with Gasteiger partial charge in [-0.2, -0.15) is 0 Å². The molecule has 0 aliphatic carbocycles. The van der Waals surface area contributed by atoms with Gasteiger partial charge in [-0.05, 0) is 30.3 Å². The normalized spacial score (nSPS) is 13.8. The summed E-state index contributed by atoms with van der Waals surface area (Å²) in [6, 6.07) is 8.58. The van der Waals surface area contributed by atoms with Crippen LogP contribution in [0, 0.1) is 0 Å². The number of rotatable bonds is 4. The topological polar surface area (TPSA) is 95.6 Å². The Morgan fingerprint density at radius 3 is 2.62 bits per heavy atom. The standard InChI is InChI=1S/C15H10ClN3O4S/c16-11-5-4-10(24-11)13(21)14(22)18-8-2-1-3-9(6-8)19-12(20)7-17-15(19)23/h1-6H,7H2,(H,17,23)(H,18,22). The summed E-state index contributed by atoms with van der Waals surface area (Å²) in [5, 5.41) is 4.85. The van der Waals surface area contributed by atoms with Crippen LogP contribution in [0.5, 0.6) is 0 Å². The van der Waals surface area contributed by atoms with Crippen LogP contribution in [-0.4, -0.2) is 30.2 Å². The third kappa shape index (κ3) is 3.15. The number of urea groups is 1. The van der Waals surface area contributed by atoms with Crippen molar-refractivity contribution in [2.45, 2.75) is 0 Å². The molecule has 1 saturated heterocycles. The van der Waals surface area contributed by atoms with E-state index in [0.29, 0.717) is 15.7 Å². The molecule has 24 heavy (non-hydrogen) atoms. The Morgan fingerprint density at radius 1 is 1.21 bits per heavy atom. The van der Waals surface area contributed by atoms with Gasteiger partial charge >= 0.3 is 6.03 Å².